The third-order valence-electron chi connectivity index (χ3n) is 2.35. The highest BCUT2D eigenvalue weighted by molar-refractivity contribution is 5.85. The Bertz CT molecular complexity index is 524. The van der Waals surface area contributed by atoms with Crippen LogP contribution in [0.3, 0.4) is 0 Å². The molecule has 1 aromatic rings. The molecular weight excluding hydrogens is 280 g/mol. The van der Waals surface area contributed by atoms with Crippen LogP contribution in [0.2, 0.25) is 0 Å². The molecule has 0 saturated carbocycles. The normalized spacial score (nSPS) is 11.5. The zero-order valence-corrected chi connectivity index (χ0v) is 11.7. The molecule has 1 N–H and O–H groups in total. The first-order chi connectivity index (χ1) is 9.95. The fourth-order valence-electron chi connectivity index (χ4n) is 1.55. The molecule has 0 radical (unpaired) electrons. The lowest BCUT2D eigenvalue weighted by atomic mass is 10.1. The van der Waals surface area contributed by atoms with E-state index >= 15 is 0 Å². The lowest BCUT2D eigenvalue weighted by molar-refractivity contribution is -0.167. The predicted molar refractivity (Wildman–Crippen MR) is 70.2 cm³/mol. The summed E-state index contributed by atoms with van der Waals surface area (Å²) in [7, 11) is 0. The molecule has 7 nitrogen and oxygen atoms in total. The summed E-state index contributed by atoms with van der Waals surface area (Å²) in [5.41, 5.74) is 0.159. The van der Waals surface area contributed by atoms with Crippen molar-refractivity contribution in [3.8, 4) is 5.75 Å². The predicted octanol–water partition coefficient (Wildman–Crippen LogP) is 1.10. The summed E-state index contributed by atoms with van der Waals surface area (Å²) in [5.74, 6) is -2.64. The first kappa shape index (κ1) is 16.6. The molecule has 114 valence electrons. The summed E-state index contributed by atoms with van der Waals surface area (Å²) in [6.07, 6.45) is -1.29. The monoisotopic (exact) mass is 296 g/mol. The van der Waals surface area contributed by atoms with Gasteiger partial charge < -0.3 is 19.3 Å². The van der Waals surface area contributed by atoms with Gasteiger partial charge in [-0.25, -0.2) is 9.59 Å². The summed E-state index contributed by atoms with van der Waals surface area (Å²) in [4.78, 5) is 33.8. The molecule has 0 heterocycles. The average molecular weight is 296 g/mol. The van der Waals surface area contributed by atoms with E-state index in [2.05, 4.69) is 4.74 Å². The second-order valence-corrected chi connectivity index (χ2v) is 3.97. The van der Waals surface area contributed by atoms with Crippen LogP contribution in [0.25, 0.3) is 0 Å². The molecule has 1 aromatic carbocycles. The highest BCUT2D eigenvalue weighted by atomic mass is 16.6. The molecule has 0 saturated heterocycles. The minimum Gasteiger partial charge on any atom is -0.508 e. The van der Waals surface area contributed by atoms with Gasteiger partial charge in [0.05, 0.1) is 6.61 Å². The molecule has 1 unspecified atom stereocenters. The van der Waals surface area contributed by atoms with E-state index in [0.29, 0.717) is 0 Å². The average Bonchev–Trinajstić information content (AvgIpc) is 2.40. The molecule has 0 aliphatic carbocycles. The number of carbonyl (C=O) groups excluding carboxylic acids is 3. The number of benzene rings is 1. The van der Waals surface area contributed by atoms with Crippen molar-refractivity contribution in [2.75, 3.05) is 13.2 Å². The zero-order chi connectivity index (χ0) is 15.8. The van der Waals surface area contributed by atoms with Crippen molar-refractivity contribution in [1.82, 2.24) is 0 Å². The van der Waals surface area contributed by atoms with Gasteiger partial charge in [0, 0.05) is 12.5 Å². The number of ether oxygens (including phenoxy) is 3. The smallest absolute Gasteiger partial charge is 0.340 e. The number of esters is 3. The third kappa shape index (κ3) is 5.23. The molecule has 0 amide bonds. The second-order valence-electron chi connectivity index (χ2n) is 3.97. The van der Waals surface area contributed by atoms with Crippen molar-refractivity contribution in [2.45, 2.75) is 20.0 Å². The van der Waals surface area contributed by atoms with Gasteiger partial charge in [-0.1, -0.05) is 18.2 Å². The highest BCUT2D eigenvalue weighted by Crippen LogP contribution is 2.27. The Hall–Kier alpha value is -2.41. The lowest BCUT2D eigenvalue weighted by Crippen LogP contribution is -2.23. The molecule has 1 atom stereocenters. The van der Waals surface area contributed by atoms with Crippen LogP contribution >= 0.6 is 0 Å². The minimum atomic E-state index is -1.29. The molecule has 21 heavy (non-hydrogen) atoms. The Morgan fingerprint density at radius 3 is 2.48 bits per heavy atom. The van der Waals surface area contributed by atoms with Crippen molar-refractivity contribution in [3.63, 3.8) is 0 Å². The van der Waals surface area contributed by atoms with E-state index in [1.54, 1.807) is 19.1 Å². The number of carbonyl (C=O) groups is 3. The van der Waals surface area contributed by atoms with E-state index in [1.165, 1.54) is 12.1 Å². The van der Waals surface area contributed by atoms with E-state index < -0.39 is 30.6 Å². The first-order valence-electron chi connectivity index (χ1n) is 6.23. The Balaban J connectivity index is 2.84. The van der Waals surface area contributed by atoms with Crippen LogP contribution in [-0.4, -0.2) is 36.2 Å². The van der Waals surface area contributed by atoms with Gasteiger partial charge in [-0.15, -0.1) is 0 Å². The van der Waals surface area contributed by atoms with Crippen molar-refractivity contribution in [3.05, 3.63) is 29.8 Å². The van der Waals surface area contributed by atoms with Gasteiger partial charge in [-0.3, -0.25) is 4.79 Å². The Morgan fingerprint density at radius 1 is 1.24 bits per heavy atom. The van der Waals surface area contributed by atoms with Crippen LogP contribution in [0.1, 0.15) is 25.5 Å². The standard InChI is InChI=1S/C14H16O7/c1-3-19-14(18)13(10-6-4-5-7-11(10)16)20-8-12(17)21-9(2)15/h4-7,13,16H,3,8H2,1-2H3. The van der Waals surface area contributed by atoms with E-state index in [4.69, 9.17) is 9.47 Å². The minimum absolute atomic E-state index is 0.115. The number of phenolic OH excluding ortho intramolecular Hbond substituents is 1. The molecule has 7 heteroatoms. The van der Waals surface area contributed by atoms with Gasteiger partial charge in [-0.05, 0) is 13.0 Å². The molecule has 1 rings (SSSR count). The van der Waals surface area contributed by atoms with Crippen molar-refractivity contribution in [2.24, 2.45) is 0 Å². The number of aromatic hydroxyl groups is 1. The molecular formula is C14H16O7. The first-order valence-corrected chi connectivity index (χ1v) is 6.23. The van der Waals surface area contributed by atoms with Crippen LogP contribution in [-0.2, 0) is 28.6 Å². The number of phenols is 1. The van der Waals surface area contributed by atoms with Crippen LogP contribution in [0.4, 0.5) is 0 Å². The fraction of sp³-hybridized carbons (Fsp3) is 0.357. The summed E-state index contributed by atoms with van der Waals surface area (Å²) in [6.45, 7) is 2.18. The van der Waals surface area contributed by atoms with Crippen LogP contribution in [0, 0.1) is 0 Å². The van der Waals surface area contributed by atoms with Gasteiger partial charge >= 0.3 is 17.9 Å². The molecule has 0 fully saturated rings. The van der Waals surface area contributed by atoms with Gasteiger partial charge in [0.1, 0.15) is 12.4 Å². The second kappa shape index (κ2) is 8.01. The van der Waals surface area contributed by atoms with Gasteiger partial charge in [0.15, 0.2) is 6.10 Å². The maximum atomic E-state index is 11.9. The van der Waals surface area contributed by atoms with Crippen LogP contribution in [0.15, 0.2) is 24.3 Å². The van der Waals surface area contributed by atoms with E-state index in [1.807, 2.05) is 0 Å². The summed E-state index contributed by atoms with van der Waals surface area (Å²) in [5, 5.41) is 9.75. The topological polar surface area (TPSA) is 99.1 Å². The highest BCUT2D eigenvalue weighted by Gasteiger charge is 2.26. The Morgan fingerprint density at radius 2 is 1.90 bits per heavy atom. The lowest BCUT2D eigenvalue weighted by Gasteiger charge is -2.17. The van der Waals surface area contributed by atoms with Gasteiger partial charge in [0.25, 0.3) is 0 Å². The van der Waals surface area contributed by atoms with Crippen molar-refractivity contribution >= 4 is 17.9 Å². The molecule has 0 spiro atoms. The third-order valence-corrected chi connectivity index (χ3v) is 2.35. The number of hydrogen-bond acceptors (Lipinski definition) is 7. The van der Waals surface area contributed by atoms with E-state index in [9.17, 15) is 19.5 Å². The SMILES string of the molecule is CCOC(=O)C(OCC(=O)OC(C)=O)c1ccccc1O. The number of rotatable bonds is 6. The largest absolute Gasteiger partial charge is 0.508 e. The maximum absolute atomic E-state index is 11.9. The fourth-order valence-corrected chi connectivity index (χ4v) is 1.55. The van der Waals surface area contributed by atoms with Crippen LogP contribution < -0.4 is 0 Å². The summed E-state index contributed by atoms with van der Waals surface area (Å²) >= 11 is 0. The van der Waals surface area contributed by atoms with Crippen LogP contribution in [0.5, 0.6) is 5.75 Å². The Labute approximate surface area is 121 Å². The zero-order valence-electron chi connectivity index (χ0n) is 11.7. The molecule has 0 bridgehead atoms. The van der Waals surface area contributed by atoms with Gasteiger partial charge in [-0.2, -0.15) is 0 Å². The maximum Gasteiger partial charge on any atom is 0.340 e. The van der Waals surface area contributed by atoms with E-state index in [-0.39, 0.29) is 17.9 Å². The number of hydrogen-bond donors (Lipinski definition) is 1. The molecule has 0 aliphatic rings. The van der Waals surface area contributed by atoms with Crippen molar-refractivity contribution < 1.29 is 33.7 Å². The van der Waals surface area contributed by atoms with Crippen molar-refractivity contribution in [1.29, 1.82) is 0 Å². The van der Waals surface area contributed by atoms with Gasteiger partial charge in [0.2, 0.25) is 0 Å². The number of para-hydroxylation sites is 1. The molecule has 0 aliphatic heterocycles. The molecule has 0 aromatic heterocycles. The summed E-state index contributed by atoms with van der Waals surface area (Å²) in [6, 6.07) is 6.01. The Kier molecular flexibility index (Phi) is 6.35. The summed E-state index contributed by atoms with van der Waals surface area (Å²) < 4.78 is 14.2. The van der Waals surface area contributed by atoms with E-state index in [0.717, 1.165) is 6.92 Å². The quantitative estimate of drug-likeness (QED) is 0.620.